The van der Waals surface area contributed by atoms with Crippen LogP contribution in [0.25, 0.3) is 0 Å². The Bertz CT molecular complexity index is 250. The average molecular weight is 194 g/mol. The molecular weight excluding hydrogens is 172 g/mol. The first-order valence-corrected chi connectivity index (χ1v) is 5.45. The summed E-state index contributed by atoms with van der Waals surface area (Å²) in [5, 5.41) is 10.2. The van der Waals surface area contributed by atoms with Crippen molar-refractivity contribution in [2.45, 2.75) is 40.2 Å². The lowest BCUT2D eigenvalue weighted by molar-refractivity contribution is 0.0532. The van der Waals surface area contributed by atoms with E-state index in [1.54, 1.807) is 0 Å². The highest BCUT2D eigenvalue weighted by Gasteiger charge is 2.33. The van der Waals surface area contributed by atoms with Crippen molar-refractivity contribution >= 4 is 0 Å². The minimum absolute atomic E-state index is 0.238. The van der Waals surface area contributed by atoms with Gasteiger partial charge in [0.05, 0.1) is 6.10 Å². The molecule has 0 aliphatic heterocycles. The maximum Gasteiger partial charge on any atom is 0.0675 e. The molecule has 1 N–H and O–H groups in total. The van der Waals surface area contributed by atoms with Crippen molar-refractivity contribution in [3.8, 4) is 0 Å². The van der Waals surface area contributed by atoms with Crippen molar-refractivity contribution in [1.29, 1.82) is 0 Å². The van der Waals surface area contributed by atoms with Gasteiger partial charge in [0.1, 0.15) is 0 Å². The molecule has 3 unspecified atom stereocenters. The Morgan fingerprint density at radius 1 is 1.57 bits per heavy atom. The Hall–Kier alpha value is -0.560. The molecule has 0 saturated carbocycles. The van der Waals surface area contributed by atoms with Crippen molar-refractivity contribution in [3.63, 3.8) is 0 Å². The molecule has 0 aromatic rings. The molecule has 0 aromatic heterocycles. The molecule has 1 rings (SSSR count). The number of hydrogen-bond acceptors (Lipinski definition) is 1. The van der Waals surface area contributed by atoms with Crippen LogP contribution in [0.1, 0.15) is 34.1 Å². The summed E-state index contributed by atoms with van der Waals surface area (Å²) in [5.41, 5.74) is 2.44. The third-order valence-corrected chi connectivity index (χ3v) is 3.35. The average Bonchev–Trinajstić information content (AvgIpc) is 2.02. The first-order chi connectivity index (χ1) is 6.45. The SMILES string of the molecule is C=C(C)C1CC=C(C)C(C(C)C)C1O. The van der Waals surface area contributed by atoms with Gasteiger partial charge in [0, 0.05) is 11.8 Å². The van der Waals surface area contributed by atoms with Gasteiger partial charge in [-0.15, -0.1) is 0 Å². The highest BCUT2D eigenvalue weighted by atomic mass is 16.3. The van der Waals surface area contributed by atoms with E-state index < -0.39 is 0 Å². The van der Waals surface area contributed by atoms with Gasteiger partial charge < -0.3 is 5.11 Å². The smallest absolute Gasteiger partial charge is 0.0675 e. The Balaban J connectivity index is 2.90. The monoisotopic (exact) mass is 194 g/mol. The van der Waals surface area contributed by atoms with Crippen LogP contribution in [-0.4, -0.2) is 11.2 Å². The van der Waals surface area contributed by atoms with E-state index in [9.17, 15) is 5.11 Å². The minimum atomic E-state index is -0.238. The fourth-order valence-electron chi connectivity index (χ4n) is 2.52. The van der Waals surface area contributed by atoms with Crippen LogP contribution in [-0.2, 0) is 0 Å². The summed E-state index contributed by atoms with van der Waals surface area (Å²) in [5.74, 6) is 1.07. The molecule has 0 aromatic carbocycles. The molecular formula is C13H22O. The molecule has 80 valence electrons. The quantitative estimate of drug-likeness (QED) is 0.669. The lowest BCUT2D eigenvalue weighted by Gasteiger charge is -2.37. The molecule has 0 bridgehead atoms. The maximum atomic E-state index is 10.2. The lowest BCUT2D eigenvalue weighted by Crippen LogP contribution is -2.36. The van der Waals surface area contributed by atoms with E-state index in [4.69, 9.17) is 0 Å². The first kappa shape index (κ1) is 11.5. The zero-order valence-electron chi connectivity index (χ0n) is 9.75. The van der Waals surface area contributed by atoms with E-state index in [2.05, 4.69) is 33.4 Å². The van der Waals surface area contributed by atoms with E-state index in [-0.39, 0.29) is 12.0 Å². The molecule has 0 radical (unpaired) electrons. The predicted octanol–water partition coefficient (Wildman–Crippen LogP) is 3.16. The van der Waals surface area contributed by atoms with Crippen LogP contribution < -0.4 is 0 Å². The van der Waals surface area contributed by atoms with Gasteiger partial charge in [-0.05, 0) is 26.2 Å². The van der Waals surface area contributed by atoms with Gasteiger partial charge in [0.2, 0.25) is 0 Å². The maximum absolute atomic E-state index is 10.2. The van der Waals surface area contributed by atoms with E-state index >= 15 is 0 Å². The van der Waals surface area contributed by atoms with E-state index in [0.717, 1.165) is 12.0 Å². The molecule has 0 amide bonds. The van der Waals surface area contributed by atoms with Gasteiger partial charge in [-0.1, -0.05) is 37.6 Å². The predicted molar refractivity (Wildman–Crippen MR) is 61.0 cm³/mol. The number of hydrogen-bond donors (Lipinski definition) is 1. The van der Waals surface area contributed by atoms with Crippen LogP contribution >= 0.6 is 0 Å². The normalized spacial score (nSPS) is 33.0. The summed E-state index contributed by atoms with van der Waals surface area (Å²) in [7, 11) is 0. The summed E-state index contributed by atoms with van der Waals surface area (Å²) in [6, 6.07) is 0. The first-order valence-electron chi connectivity index (χ1n) is 5.45. The van der Waals surface area contributed by atoms with Gasteiger partial charge in [-0.3, -0.25) is 0 Å². The third-order valence-electron chi connectivity index (χ3n) is 3.35. The Morgan fingerprint density at radius 2 is 2.14 bits per heavy atom. The summed E-state index contributed by atoms with van der Waals surface area (Å²) in [4.78, 5) is 0. The van der Waals surface area contributed by atoms with Crippen molar-refractivity contribution in [1.82, 2.24) is 0 Å². The molecule has 0 heterocycles. The van der Waals surface area contributed by atoms with Crippen LogP contribution in [0, 0.1) is 17.8 Å². The second-order valence-electron chi connectivity index (χ2n) is 4.90. The van der Waals surface area contributed by atoms with Crippen LogP contribution in [0.3, 0.4) is 0 Å². The van der Waals surface area contributed by atoms with Crippen LogP contribution in [0.4, 0.5) is 0 Å². The van der Waals surface area contributed by atoms with Gasteiger partial charge in [0.25, 0.3) is 0 Å². The Kier molecular flexibility index (Phi) is 3.54. The molecule has 3 atom stereocenters. The molecule has 1 nitrogen and oxygen atoms in total. The number of rotatable bonds is 2. The van der Waals surface area contributed by atoms with Crippen molar-refractivity contribution in [2.24, 2.45) is 17.8 Å². The number of allylic oxidation sites excluding steroid dienone is 1. The summed E-state index contributed by atoms with van der Waals surface area (Å²) >= 11 is 0. The Morgan fingerprint density at radius 3 is 2.57 bits per heavy atom. The topological polar surface area (TPSA) is 20.2 Å². The fourth-order valence-corrected chi connectivity index (χ4v) is 2.52. The third kappa shape index (κ3) is 2.09. The highest BCUT2D eigenvalue weighted by molar-refractivity contribution is 5.18. The lowest BCUT2D eigenvalue weighted by atomic mass is 9.72. The summed E-state index contributed by atoms with van der Waals surface area (Å²) in [6.07, 6.45) is 2.97. The van der Waals surface area contributed by atoms with E-state index in [1.165, 1.54) is 5.57 Å². The Labute approximate surface area is 87.5 Å². The highest BCUT2D eigenvalue weighted by Crippen LogP contribution is 2.36. The van der Waals surface area contributed by atoms with Gasteiger partial charge >= 0.3 is 0 Å². The van der Waals surface area contributed by atoms with Crippen molar-refractivity contribution in [2.75, 3.05) is 0 Å². The second-order valence-corrected chi connectivity index (χ2v) is 4.90. The van der Waals surface area contributed by atoms with E-state index in [0.29, 0.717) is 11.8 Å². The van der Waals surface area contributed by atoms with Gasteiger partial charge in [0.15, 0.2) is 0 Å². The largest absolute Gasteiger partial charge is 0.392 e. The van der Waals surface area contributed by atoms with Gasteiger partial charge in [-0.25, -0.2) is 0 Å². The minimum Gasteiger partial charge on any atom is -0.392 e. The second kappa shape index (κ2) is 4.31. The van der Waals surface area contributed by atoms with Crippen LogP contribution in [0.15, 0.2) is 23.8 Å². The van der Waals surface area contributed by atoms with Crippen LogP contribution in [0.2, 0.25) is 0 Å². The summed E-state index contributed by atoms with van der Waals surface area (Å²) < 4.78 is 0. The summed E-state index contributed by atoms with van der Waals surface area (Å²) in [6.45, 7) is 12.4. The van der Waals surface area contributed by atoms with Crippen molar-refractivity contribution < 1.29 is 5.11 Å². The molecule has 0 spiro atoms. The van der Waals surface area contributed by atoms with Crippen LogP contribution in [0.5, 0.6) is 0 Å². The van der Waals surface area contributed by atoms with E-state index in [1.807, 2.05) is 6.92 Å². The zero-order valence-corrected chi connectivity index (χ0v) is 9.75. The molecule has 1 aliphatic rings. The van der Waals surface area contributed by atoms with Gasteiger partial charge in [-0.2, -0.15) is 0 Å². The fraction of sp³-hybridized carbons (Fsp3) is 0.692. The number of aliphatic hydroxyl groups excluding tert-OH is 1. The molecule has 14 heavy (non-hydrogen) atoms. The molecule has 0 fully saturated rings. The molecule has 1 heteroatoms. The number of aliphatic hydroxyl groups is 1. The molecule has 0 saturated heterocycles. The standard InChI is InChI=1S/C13H22O/c1-8(2)11-7-6-10(5)12(9(3)4)13(11)14/h6,9,11-14H,1,7H2,2-5H3. The zero-order chi connectivity index (χ0) is 10.9. The van der Waals surface area contributed by atoms with Crippen molar-refractivity contribution in [3.05, 3.63) is 23.8 Å². The molecule has 1 aliphatic carbocycles.